The fourth-order valence-electron chi connectivity index (χ4n) is 2.31. The van der Waals surface area contributed by atoms with E-state index < -0.39 is 0 Å². The van der Waals surface area contributed by atoms with E-state index in [9.17, 15) is 4.79 Å². The monoisotopic (exact) mass is 287 g/mol. The van der Waals surface area contributed by atoms with Gasteiger partial charge in [-0.1, -0.05) is 42.5 Å². The van der Waals surface area contributed by atoms with Crippen LogP contribution in [-0.2, 0) is 4.79 Å². The second-order valence-electron chi connectivity index (χ2n) is 5.01. The zero-order valence-corrected chi connectivity index (χ0v) is 12.5. The molecule has 0 bridgehead atoms. The zero-order valence-electron chi connectivity index (χ0n) is 11.7. The molecule has 2 nitrogen and oxygen atoms in total. The molecule has 1 aliphatic heterocycles. The van der Waals surface area contributed by atoms with Gasteiger partial charge in [0.15, 0.2) is 0 Å². The zero-order chi connectivity index (χ0) is 14.2. The van der Waals surface area contributed by atoms with Crippen molar-refractivity contribution in [2.45, 2.75) is 43.0 Å². The van der Waals surface area contributed by atoms with Crippen molar-refractivity contribution in [2.75, 3.05) is 0 Å². The van der Waals surface area contributed by atoms with Crippen LogP contribution in [0.3, 0.4) is 0 Å². The Morgan fingerprint density at radius 2 is 2.10 bits per heavy atom. The van der Waals surface area contributed by atoms with Gasteiger partial charge in [-0.05, 0) is 42.7 Å². The van der Waals surface area contributed by atoms with Crippen molar-refractivity contribution in [3.8, 4) is 0 Å². The van der Waals surface area contributed by atoms with Gasteiger partial charge in [-0.2, -0.15) is 0 Å². The lowest BCUT2D eigenvalue weighted by molar-refractivity contribution is -0.117. The van der Waals surface area contributed by atoms with Crippen LogP contribution in [0.15, 0.2) is 58.9 Å². The maximum absolute atomic E-state index is 11.7. The molecule has 0 saturated carbocycles. The number of carbonyl (C=O) groups is 1. The van der Waals surface area contributed by atoms with E-state index in [2.05, 4.69) is 24.0 Å². The van der Waals surface area contributed by atoms with Gasteiger partial charge in [0.1, 0.15) is 0 Å². The minimum atomic E-state index is 0.0448. The molecule has 0 fully saturated rings. The third-order valence-corrected chi connectivity index (χ3v) is 4.34. The number of unbranched alkanes of at least 4 members (excludes halogenated alkanes) is 2. The van der Waals surface area contributed by atoms with Crippen molar-refractivity contribution in [1.29, 1.82) is 0 Å². The van der Waals surface area contributed by atoms with E-state index in [1.165, 1.54) is 4.90 Å². The van der Waals surface area contributed by atoms with Crippen molar-refractivity contribution in [2.24, 2.45) is 0 Å². The summed E-state index contributed by atoms with van der Waals surface area (Å²) in [6, 6.07) is 10.5. The van der Waals surface area contributed by atoms with Crippen molar-refractivity contribution in [3.63, 3.8) is 0 Å². The maximum atomic E-state index is 11.7. The highest BCUT2D eigenvalue weighted by atomic mass is 32.2. The summed E-state index contributed by atoms with van der Waals surface area (Å²) in [6.45, 7) is 3.73. The second-order valence-corrected chi connectivity index (χ2v) is 6.21. The SMILES string of the molecule is C=CCCCCC1CC(Sc2ccccc2)=CC(=O)N1. The number of benzene rings is 1. The summed E-state index contributed by atoms with van der Waals surface area (Å²) < 4.78 is 0. The fraction of sp³-hybridized carbons (Fsp3) is 0.353. The molecule has 1 aliphatic rings. The van der Waals surface area contributed by atoms with E-state index in [0.29, 0.717) is 0 Å². The van der Waals surface area contributed by atoms with E-state index in [1.54, 1.807) is 17.8 Å². The minimum absolute atomic E-state index is 0.0448. The molecule has 3 heteroatoms. The third kappa shape index (κ3) is 4.89. The van der Waals surface area contributed by atoms with Gasteiger partial charge in [0, 0.05) is 17.0 Å². The number of allylic oxidation sites excluding steroid dienone is 1. The largest absolute Gasteiger partial charge is 0.349 e. The summed E-state index contributed by atoms with van der Waals surface area (Å²) in [4.78, 5) is 14.1. The third-order valence-electron chi connectivity index (χ3n) is 3.29. The maximum Gasteiger partial charge on any atom is 0.245 e. The van der Waals surface area contributed by atoms with Gasteiger partial charge >= 0.3 is 0 Å². The average Bonchev–Trinajstić information content (AvgIpc) is 2.44. The molecule has 0 aromatic heterocycles. The quantitative estimate of drug-likeness (QED) is 0.598. The van der Waals surface area contributed by atoms with Gasteiger partial charge < -0.3 is 5.32 Å². The van der Waals surface area contributed by atoms with E-state index in [-0.39, 0.29) is 11.9 Å². The van der Waals surface area contributed by atoms with Crippen LogP contribution in [0.1, 0.15) is 32.1 Å². The molecule has 20 heavy (non-hydrogen) atoms. The highest BCUT2D eigenvalue weighted by molar-refractivity contribution is 8.03. The van der Waals surface area contributed by atoms with Crippen molar-refractivity contribution < 1.29 is 4.79 Å². The lowest BCUT2D eigenvalue weighted by atomic mass is 10.0. The number of amides is 1. The van der Waals surface area contributed by atoms with Gasteiger partial charge in [-0.15, -0.1) is 6.58 Å². The van der Waals surface area contributed by atoms with Crippen LogP contribution in [0.2, 0.25) is 0 Å². The summed E-state index contributed by atoms with van der Waals surface area (Å²) in [7, 11) is 0. The Hall–Kier alpha value is -1.48. The molecule has 1 heterocycles. The molecule has 1 aromatic rings. The predicted molar refractivity (Wildman–Crippen MR) is 85.6 cm³/mol. The summed E-state index contributed by atoms with van der Waals surface area (Å²) >= 11 is 1.70. The van der Waals surface area contributed by atoms with Gasteiger partial charge in [-0.3, -0.25) is 4.79 Å². The predicted octanol–water partition coefficient (Wildman–Crippen LogP) is 4.30. The smallest absolute Gasteiger partial charge is 0.245 e. The van der Waals surface area contributed by atoms with E-state index in [0.717, 1.165) is 37.0 Å². The number of hydrogen-bond donors (Lipinski definition) is 1. The molecular weight excluding hydrogens is 266 g/mol. The lowest BCUT2D eigenvalue weighted by Gasteiger charge is -2.23. The molecular formula is C17H21NOS. The van der Waals surface area contributed by atoms with Crippen LogP contribution in [0, 0.1) is 0 Å². The van der Waals surface area contributed by atoms with Gasteiger partial charge in [0.25, 0.3) is 0 Å². The first-order valence-corrected chi connectivity index (χ1v) is 7.94. The standard InChI is InChI=1S/C17H21NOS/c1-2-3-4-6-9-14-12-16(13-17(19)18-14)20-15-10-7-5-8-11-15/h2,5,7-8,10-11,13-14H,1,3-4,6,9,12H2,(H,18,19). The minimum Gasteiger partial charge on any atom is -0.349 e. The molecule has 1 unspecified atom stereocenters. The molecule has 0 spiro atoms. The van der Waals surface area contributed by atoms with E-state index in [4.69, 9.17) is 0 Å². The van der Waals surface area contributed by atoms with Gasteiger partial charge in [-0.25, -0.2) is 0 Å². The van der Waals surface area contributed by atoms with Crippen molar-refractivity contribution >= 4 is 17.7 Å². The van der Waals surface area contributed by atoms with E-state index in [1.807, 2.05) is 24.3 Å². The molecule has 0 saturated heterocycles. The van der Waals surface area contributed by atoms with Crippen LogP contribution in [0.4, 0.5) is 0 Å². The van der Waals surface area contributed by atoms with Gasteiger partial charge in [0.2, 0.25) is 5.91 Å². The first-order valence-electron chi connectivity index (χ1n) is 7.13. The highest BCUT2D eigenvalue weighted by Gasteiger charge is 2.19. The van der Waals surface area contributed by atoms with Crippen LogP contribution in [0.25, 0.3) is 0 Å². The number of carbonyl (C=O) groups excluding carboxylic acids is 1. The summed E-state index contributed by atoms with van der Waals surface area (Å²) in [5.41, 5.74) is 0. The van der Waals surface area contributed by atoms with Crippen LogP contribution in [0.5, 0.6) is 0 Å². The number of rotatable bonds is 7. The lowest BCUT2D eigenvalue weighted by Crippen LogP contribution is -2.37. The Bertz CT molecular complexity index is 481. The first-order chi connectivity index (χ1) is 9.78. The molecule has 1 N–H and O–H groups in total. The highest BCUT2D eigenvalue weighted by Crippen LogP contribution is 2.31. The molecule has 1 aromatic carbocycles. The number of nitrogens with one attached hydrogen (secondary N) is 1. The number of hydrogen-bond acceptors (Lipinski definition) is 2. The van der Waals surface area contributed by atoms with Gasteiger partial charge in [0.05, 0.1) is 0 Å². The molecule has 0 radical (unpaired) electrons. The summed E-state index contributed by atoms with van der Waals surface area (Å²) in [6.07, 6.45) is 9.03. The first kappa shape index (κ1) is 14.9. The molecule has 0 aliphatic carbocycles. The molecule has 2 rings (SSSR count). The fourth-order valence-corrected chi connectivity index (χ4v) is 3.35. The molecule has 106 valence electrons. The van der Waals surface area contributed by atoms with Crippen LogP contribution < -0.4 is 5.32 Å². The Balaban J connectivity index is 1.87. The summed E-state index contributed by atoms with van der Waals surface area (Å²) in [5, 5.41) is 3.05. The topological polar surface area (TPSA) is 29.1 Å². The average molecular weight is 287 g/mol. The number of thioether (sulfide) groups is 1. The molecule has 1 atom stereocenters. The Kier molecular flexibility index (Phi) is 5.93. The normalized spacial score (nSPS) is 18.3. The van der Waals surface area contributed by atoms with Crippen LogP contribution in [-0.4, -0.2) is 11.9 Å². The van der Waals surface area contributed by atoms with Crippen LogP contribution >= 0.6 is 11.8 Å². The Morgan fingerprint density at radius 3 is 2.85 bits per heavy atom. The second kappa shape index (κ2) is 7.95. The molecule has 1 amide bonds. The van der Waals surface area contributed by atoms with Crippen molar-refractivity contribution in [1.82, 2.24) is 5.32 Å². The Labute approximate surface area is 125 Å². The summed E-state index contributed by atoms with van der Waals surface area (Å²) in [5.74, 6) is 0.0448. The Morgan fingerprint density at radius 1 is 1.30 bits per heavy atom. The van der Waals surface area contributed by atoms with Crippen molar-refractivity contribution in [3.05, 3.63) is 54.0 Å². The van der Waals surface area contributed by atoms with E-state index >= 15 is 0 Å².